The van der Waals surface area contributed by atoms with Gasteiger partial charge in [-0.05, 0) is 30.7 Å². The van der Waals surface area contributed by atoms with Crippen LogP contribution >= 0.6 is 11.6 Å². The van der Waals surface area contributed by atoms with Crippen molar-refractivity contribution >= 4 is 23.2 Å². The summed E-state index contributed by atoms with van der Waals surface area (Å²) in [6.45, 7) is 1.38. The summed E-state index contributed by atoms with van der Waals surface area (Å²) in [4.78, 5) is 24.4. The highest BCUT2D eigenvalue weighted by atomic mass is 35.5. The molecule has 3 aromatic rings. The number of hydrogen-bond donors (Lipinski definition) is 1. The third-order valence-corrected chi connectivity index (χ3v) is 4.13. The summed E-state index contributed by atoms with van der Waals surface area (Å²) in [5, 5.41) is 15.6. The molecule has 1 aromatic carbocycles. The van der Waals surface area contributed by atoms with E-state index in [0.717, 1.165) is 4.68 Å². The Labute approximate surface area is 152 Å². The quantitative estimate of drug-likeness (QED) is 0.757. The fraction of sp³-hybridized carbons (Fsp3) is 0.176. The van der Waals surface area contributed by atoms with Gasteiger partial charge in [-0.25, -0.2) is 13.9 Å². The number of nitrogens with one attached hydrogen (secondary N) is 1. The van der Waals surface area contributed by atoms with Crippen LogP contribution in [0, 0.1) is 17.1 Å². The van der Waals surface area contributed by atoms with Gasteiger partial charge in [-0.15, -0.1) is 5.10 Å². The highest BCUT2D eigenvalue weighted by Gasteiger charge is 2.15. The van der Waals surface area contributed by atoms with E-state index in [-0.39, 0.29) is 17.2 Å². The molecule has 1 atom stereocenters. The van der Waals surface area contributed by atoms with Gasteiger partial charge >= 0.3 is 5.69 Å². The van der Waals surface area contributed by atoms with Crippen molar-refractivity contribution in [1.82, 2.24) is 19.5 Å². The van der Waals surface area contributed by atoms with Gasteiger partial charge in [0.05, 0.1) is 22.7 Å². The molecule has 9 heteroatoms. The molecule has 0 saturated heterocycles. The Bertz CT molecular complexity index is 1100. The minimum atomic E-state index is -0.574. The Hall–Kier alpha value is -3.18. The fourth-order valence-electron chi connectivity index (χ4n) is 2.48. The highest BCUT2D eigenvalue weighted by Crippen LogP contribution is 2.20. The number of hydrogen-bond acceptors (Lipinski definition) is 4. The molecule has 2 aromatic heterocycles. The van der Waals surface area contributed by atoms with Gasteiger partial charge in [0, 0.05) is 12.3 Å². The molecule has 7 nitrogen and oxygen atoms in total. The van der Waals surface area contributed by atoms with Crippen LogP contribution in [0.25, 0.3) is 5.65 Å². The topological polar surface area (TPSA) is 92.2 Å². The van der Waals surface area contributed by atoms with Crippen molar-refractivity contribution in [3.05, 3.63) is 69.0 Å². The predicted molar refractivity (Wildman–Crippen MR) is 92.1 cm³/mol. The number of fused-ring (bicyclic) bond motifs is 1. The Morgan fingerprint density at radius 1 is 1.42 bits per heavy atom. The molecule has 3 rings (SSSR count). The third kappa shape index (κ3) is 3.43. The molecule has 0 spiro atoms. The van der Waals surface area contributed by atoms with Crippen LogP contribution in [0.3, 0.4) is 0 Å². The van der Waals surface area contributed by atoms with Crippen molar-refractivity contribution in [3.63, 3.8) is 0 Å². The molecule has 2 heterocycles. The number of rotatable bonds is 4. The maximum Gasteiger partial charge on any atom is 0.350 e. The minimum Gasteiger partial charge on any atom is -0.348 e. The first kappa shape index (κ1) is 17.6. The largest absolute Gasteiger partial charge is 0.350 e. The lowest BCUT2D eigenvalue weighted by Crippen LogP contribution is -2.34. The van der Waals surface area contributed by atoms with E-state index in [4.69, 9.17) is 16.9 Å². The van der Waals surface area contributed by atoms with Crippen molar-refractivity contribution in [2.45, 2.75) is 19.5 Å². The average Bonchev–Trinajstić information content (AvgIpc) is 2.92. The Morgan fingerprint density at radius 2 is 2.19 bits per heavy atom. The molecular weight excluding hydrogens is 361 g/mol. The van der Waals surface area contributed by atoms with Gasteiger partial charge < -0.3 is 5.32 Å². The first-order valence-corrected chi connectivity index (χ1v) is 8.00. The lowest BCUT2D eigenvalue weighted by molar-refractivity contribution is -0.122. The van der Waals surface area contributed by atoms with Gasteiger partial charge in [0.1, 0.15) is 12.4 Å². The van der Waals surface area contributed by atoms with E-state index in [2.05, 4.69) is 10.4 Å². The van der Waals surface area contributed by atoms with Gasteiger partial charge in [-0.2, -0.15) is 5.26 Å². The van der Waals surface area contributed by atoms with E-state index in [9.17, 15) is 14.0 Å². The van der Waals surface area contributed by atoms with Gasteiger partial charge in [-0.1, -0.05) is 17.7 Å². The van der Waals surface area contributed by atoms with Crippen LogP contribution in [0.2, 0.25) is 5.02 Å². The predicted octanol–water partition coefficient (Wildman–Crippen LogP) is 2.04. The second kappa shape index (κ2) is 6.98. The van der Waals surface area contributed by atoms with Crippen LogP contribution in [-0.2, 0) is 11.3 Å². The van der Waals surface area contributed by atoms with Crippen LogP contribution < -0.4 is 11.0 Å². The molecular formula is C17H13ClFN5O2. The lowest BCUT2D eigenvalue weighted by atomic mass is 10.1. The van der Waals surface area contributed by atoms with Crippen molar-refractivity contribution in [1.29, 1.82) is 5.26 Å². The van der Waals surface area contributed by atoms with Crippen molar-refractivity contribution in [3.8, 4) is 6.07 Å². The zero-order valence-corrected chi connectivity index (χ0v) is 14.4. The monoisotopic (exact) mass is 373 g/mol. The number of carbonyl (C=O) groups is 1. The highest BCUT2D eigenvalue weighted by molar-refractivity contribution is 6.30. The molecule has 0 aliphatic carbocycles. The van der Waals surface area contributed by atoms with Gasteiger partial charge in [0.2, 0.25) is 5.91 Å². The summed E-state index contributed by atoms with van der Waals surface area (Å²) in [5.74, 6) is -1.03. The van der Waals surface area contributed by atoms with Gasteiger partial charge in [0.15, 0.2) is 5.65 Å². The molecule has 0 aliphatic heterocycles. The lowest BCUT2D eigenvalue weighted by Gasteiger charge is -2.14. The van der Waals surface area contributed by atoms with E-state index in [1.807, 2.05) is 6.07 Å². The minimum absolute atomic E-state index is 0.000248. The van der Waals surface area contributed by atoms with Crippen LogP contribution in [0.5, 0.6) is 0 Å². The summed E-state index contributed by atoms with van der Waals surface area (Å²) in [6, 6.07) is 8.68. The van der Waals surface area contributed by atoms with Crippen LogP contribution in [-0.4, -0.2) is 20.1 Å². The summed E-state index contributed by atoms with van der Waals surface area (Å²) in [6.07, 6.45) is 1.43. The molecule has 1 N–H and O–H groups in total. The zero-order valence-electron chi connectivity index (χ0n) is 13.6. The third-order valence-electron chi connectivity index (χ3n) is 3.83. The summed E-state index contributed by atoms with van der Waals surface area (Å²) >= 11 is 5.64. The van der Waals surface area contributed by atoms with Gasteiger partial charge in [0.25, 0.3) is 0 Å². The SMILES string of the molecule is C[C@H](NC(=O)Cn1nc2cc(C#N)ccn2c1=O)c1ccc(Cl)c(F)c1. The molecule has 0 unspecified atom stereocenters. The molecule has 0 bridgehead atoms. The number of nitriles is 1. The van der Waals surface area contributed by atoms with Crippen molar-refractivity contribution in [2.75, 3.05) is 0 Å². The zero-order chi connectivity index (χ0) is 18.8. The summed E-state index contributed by atoms with van der Waals surface area (Å²) in [7, 11) is 0. The molecule has 0 fully saturated rings. The Morgan fingerprint density at radius 3 is 2.88 bits per heavy atom. The standard InChI is InChI=1S/C17H13ClFN5O2/c1-10(12-2-3-13(18)14(19)7-12)21-16(25)9-24-17(26)23-5-4-11(8-20)6-15(23)22-24/h2-7,10H,9H2,1H3,(H,21,25)/t10-/m0/s1. The number of benzene rings is 1. The molecule has 0 saturated carbocycles. The normalized spacial score (nSPS) is 11.9. The molecule has 0 aliphatic rings. The Balaban J connectivity index is 1.76. The van der Waals surface area contributed by atoms with Gasteiger partial charge in [-0.3, -0.25) is 9.20 Å². The van der Waals surface area contributed by atoms with Crippen LogP contribution in [0.4, 0.5) is 4.39 Å². The van der Waals surface area contributed by atoms with Crippen LogP contribution in [0.15, 0.2) is 41.3 Å². The van der Waals surface area contributed by atoms with Crippen molar-refractivity contribution < 1.29 is 9.18 Å². The molecule has 26 heavy (non-hydrogen) atoms. The first-order chi connectivity index (χ1) is 12.4. The smallest absolute Gasteiger partial charge is 0.348 e. The van der Waals surface area contributed by atoms with E-state index in [1.54, 1.807) is 13.0 Å². The van der Waals surface area contributed by atoms with E-state index < -0.39 is 23.5 Å². The van der Waals surface area contributed by atoms with E-state index >= 15 is 0 Å². The van der Waals surface area contributed by atoms with E-state index in [0.29, 0.717) is 11.1 Å². The molecule has 1 amide bonds. The van der Waals surface area contributed by atoms with E-state index in [1.165, 1.54) is 34.9 Å². The van der Waals surface area contributed by atoms with Crippen LogP contribution in [0.1, 0.15) is 24.1 Å². The number of amides is 1. The number of aromatic nitrogens is 3. The Kier molecular flexibility index (Phi) is 4.73. The maximum absolute atomic E-state index is 13.5. The summed E-state index contributed by atoms with van der Waals surface area (Å²) in [5.41, 5.74) is 0.679. The molecule has 0 radical (unpaired) electrons. The number of nitrogens with zero attached hydrogens (tertiary/aromatic N) is 4. The second-order valence-electron chi connectivity index (χ2n) is 5.66. The average molecular weight is 374 g/mol. The maximum atomic E-state index is 13.5. The number of halogens is 2. The second-order valence-corrected chi connectivity index (χ2v) is 6.07. The number of pyridine rings is 1. The molecule has 132 valence electrons. The first-order valence-electron chi connectivity index (χ1n) is 7.62. The fourth-order valence-corrected chi connectivity index (χ4v) is 2.60. The number of carbonyl (C=O) groups excluding carboxylic acids is 1. The van der Waals surface area contributed by atoms with Crippen molar-refractivity contribution in [2.24, 2.45) is 0 Å². The summed E-state index contributed by atoms with van der Waals surface area (Å²) < 4.78 is 15.8.